The molecule has 1 aliphatic heterocycles. The lowest BCUT2D eigenvalue weighted by molar-refractivity contribution is -0.138. The van der Waals surface area contributed by atoms with Crippen LogP contribution in [0, 0.1) is 17.2 Å². The van der Waals surface area contributed by atoms with Crippen molar-refractivity contribution in [2.45, 2.75) is 70.9 Å². The zero-order chi connectivity index (χ0) is 28.3. The van der Waals surface area contributed by atoms with E-state index in [-0.39, 0.29) is 17.7 Å². The van der Waals surface area contributed by atoms with Crippen molar-refractivity contribution in [2.75, 3.05) is 31.5 Å². The van der Waals surface area contributed by atoms with Crippen LogP contribution in [0.15, 0.2) is 48.5 Å². The number of anilines is 1. The zero-order valence-corrected chi connectivity index (χ0v) is 23.5. The van der Waals surface area contributed by atoms with Crippen LogP contribution in [0.5, 0.6) is 0 Å². The maximum atomic E-state index is 13.5. The average Bonchev–Trinajstić information content (AvgIpc) is 2.98. The van der Waals surface area contributed by atoms with Crippen molar-refractivity contribution in [3.05, 3.63) is 65.2 Å². The minimum atomic E-state index is -0.641. The topological polar surface area (TPSA) is 106 Å². The van der Waals surface area contributed by atoms with E-state index in [1.807, 2.05) is 47.4 Å². The van der Waals surface area contributed by atoms with Crippen molar-refractivity contribution >= 4 is 23.4 Å². The number of hydrogen-bond acceptors (Lipinski definition) is 5. The molecule has 1 heterocycles. The van der Waals surface area contributed by atoms with Crippen LogP contribution in [-0.2, 0) is 27.3 Å². The van der Waals surface area contributed by atoms with Gasteiger partial charge in [0.15, 0.2) is 0 Å². The molecule has 4 rings (SSSR count). The summed E-state index contributed by atoms with van der Waals surface area (Å²) in [5, 5.41) is 15.1. The van der Waals surface area contributed by atoms with Gasteiger partial charge in [-0.25, -0.2) is 0 Å². The molecule has 8 heteroatoms. The molecule has 212 valence electrons. The Morgan fingerprint density at radius 2 is 1.68 bits per heavy atom. The fraction of sp³-hybridized carbons (Fsp3) is 0.500. The van der Waals surface area contributed by atoms with Crippen LogP contribution in [0.4, 0.5) is 5.69 Å². The molecular formula is C32H41N5O3. The number of hydrogen-bond donors (Lipinski definition) is 2. The van der Waals surface area contributed by atoms with Crippen LogP contribution in [-0.4, -0.2) is 59.7 Å². The van der Waals surface area contributed by atoms with E-state index < -0.39 is 6.04 Å². The van der Waals surface area contributed by atoms with Crippen LogP contribution in [0.25, 0.3) is 0 Å². The van der Waals surface area contributed by atoms with E-state index in [0.717, 1.165) is 49.3 Å². The van der Waals surface area contributed by atoms with Gasteiger partial charge in [0.2, 0.25) is 17.7 Å². The molecule has 2 aromatic carbocycles. The summed E-state index contributed by atoms with van der Waals surface area (Å²) in [4.78, 5) is 42.4. The number of nitrogens with one attached hydrogen (secondary N) is 2. The van der Waals surface area contributed by atoms with Gasteiger partial charge in [-0.1, -0.05) is 50.5 Å². The van der Waals surface area contributed by atoms with Crippen LogP contribution in [0.2, 0.25) is 0 Å². The van der Waals surface area contributed by atoms with Gasteiger partial charge in [0.1, 0.15) is 6.04 Å². The van der Waals surface area contributed by atoms with E-state index >= 15 is 0 Å². The molecule has 1 atom stereocenters. The van der Waals surface area contributed by atoms with Gasteiger partial charge in [0, 0.05) is 57.7 Å². The lowest BCUT2D eigenvalue weighted by Gasteiger charge is -2.36. The van der Waals surface area contributed by atoms with Crippen molar-refractivity contribution in [1.82, 2.24) is 15.1 Å². The minimum absolute atomic E-state index is 0.0554. The summed E-state index contributed by atoms with van der Waals surface area (Å²) in [6, 6.07) is 16.7. The molecule has 2 fully saturated rings. The Bertz CT molecular complexity index is 1190. The molecule has 1 aliphatic carbocycles. The molecule has 0 radical (unpaired) electrons. The molecule has 0 bridgehead atoms. The van der Waals surface area contributed by atoms with E-state index in [0.29, 0.717) is 43.8 Å². The predicted molar refractivity (Wildman–Crippen MR) is 155 cm³/mol. The van der Waals surface area contributed by atoms with Gasteiger partial charge in [-0.2, -0.15) is 5.26 Å². The number of nitriles is 1. The molecule has 2 aliphatic rings. The summed E-state index contributed by atoms with van der Waals surface area (Å²) in [6.45, 7) is 5.14. The van der Waals surface area contributed by atoms with E-state index in [9.17, 15) is 14.4 Å². The van der Waals surface area contributed by atoms with Gasteiger partial charge in [-0.15, -0.1) is 0 Å². The minimum Gasteiger partial charge on any atom is -0.344 e. The highest BCUT2D eigenvalue weighted by Gasteiger charge is 2.29. The van der Waals surface area contributed by atoms with E-state index in [4.69, 9.17) is 5.26 Å². The second-order valence-corrected chi connectivity index (χ2v) is 11.0. The normalized spacial score (nSPS) is 17.1. The van der Waals surface area contributed by atoms with Crippen molar-refractivity contribution in [3.63, 3.8) is 0 Å². The largest absolute Gasteiger partial charge is 0.344 e. The standard InChI is InChI=1S/C32H41N5O3/c1-2-30(38)35-29(20-25-11-13-28(14-12-25)34-31(39)21-24-7-4-3-5-8-24)32(40)37-17-15-36(16-18-37)23-27-10-6-9-26(19-27)22-33/h6,9-14,19,24,29H,2-5,7-8,15-18,20-21,23H2,1H3,(H,34,39)(H,35,38)/t29-/m1/s1. The quantitative estimate of drug-likeness (QED) is 0.466. The molecule has 3 amide bonds. The van der Waals surface area contributed by atoms with E-state index in [1.54, 1.807) is 13.0 Å². The molecule has 2 aromatic rings. The Labute approximate surface area is 237 Å². The number of benzene rings is 2. The Morgan fingerprint density at radius 3 is 2.35 bits per heavy atom. The molecule has 8 nitrogen and oxygen atoms in total. The fourth-order valence-corrected chi connectivity index (χ4v) is 5.67. The zero-order valence-electron chi connectivity index (χ0n) is 23.5. The number of piperazine rings is 1. The summed E-state index contributed by atoms with van der Waals surface area (Å²) in [6.07, 6.45) is 7.25. The van der Waals surface area contributed by atoms with Gasteiger partial charge in [-0.05, 0) is 54.2 Å². The second-order valence-electron chi connectivity index (χ2n) is 11.0. The Morgan fingerprint density at radius 1 is 0.950 bits per heavy atom. The molecule has 0 aromatic heterocycles. The van der Waals surface area contributed by atoms with Gasteiger partial charge < -0.3 is 15.5 Å². The summed E-state index contributed by atoms with van der Waals surface area (Å²) in [7, 11) is 0. The highest BCUT2D eigenvalue weighted by molar-refractivity contribution is 5.91. The SMILES string of the molecule is CCC(=O)N[C@H](Cc1ccc(NC(=O)CC2CCCCC2)cc1)C(=O)N1CCN(Cc2cccc(C#N)c2)CC1. The number of nitrogens with zero attached hydrogens (tertiary/aromatic N) is 3. The summed E-state index contributed by atoms with van der Waals surface area (Å²) < 4.78 is 0. The summed E-state index contributed by atoms with van der Waals surface area (Å²) in [5.74, 6) is 0.317. The Balaban J connectivity index is 1.31. The lowest BCUT2D eigenvalue weighted by Crippen LogP contribution is -2.55. The molecule has 0 unspecified atom stereocenters. The van der Waals surface area contributed by atoms with Crippen molar-refractivity contribution in [3.8, 4) is 6.07 Å². The van der Waals surface area contributed by atoms with Gasteiger partial charge >= 0.3 is 0 Å². The molecule has 2 N–H and O–H groups in total. The number of amides is 3. The van der Waals surface area contributed by atoms with Crippen LogP contribution in [0.3, 0.4) is 0 Å². The van der Waals surface area contributed by atoms with Crippen LogP contribution < -0.4 is 10.6 Å². The smallest absolute Gasteiger partial charge is 0.245 e. The molecule has 0 spiro atoms. The first kappa shape index (κ1) is 29.3. The molecule has 40 heavy (non-hydrogen) atoms. The lowest BCUT2D eigenvalue weighted by atomic mass is 9.87. The Kier molecular flexibility index (Phi) is 10.7. The maximum Gasteiger partial charge on any atom is 0.245 e. The highest BCUT2D eigenvalue weighted by Crippen LogP contribution is 2.26. The van der Waals surface area contributed by atoms with Crippen molar-refractivity contribution < 1.29 is 14.4 Å². The third-order valence-electron chi connectivity index (χ3n) is 7.98. The first-order valence-electron chi connectivity index (χ1n) is 14.6. The third kappa shape index (κ3) is 8.65. The molecule has 1 saturated carbocycles. The maximum absolute atomic E-state index is 13.5. The van der Waals surface area contributed by atoms with Crippen molar-refractivity contribution in [2.24, 2.45) is 5.92 Å². The van der Waals surface area contributed by atoms with Crippen LogP contribution >= 0.6 is 0 Å². The number of carbonyl (C=O) groups excluding carboxylic acids is 3. The van der Waals surface area contributed by atoms with Gasteiger partial charge in [0.05, 0.1) is 11.6 Å². The fourth-order valence-electron chi connectivity index (χ4n) is 5.67. The van der Waals surface area contributed by atoms with Crippen LogP contribution in [0.1, 0.15) is 68.6 Å². The monoisotopic (exact) mass is 543 g/mol. The highest BCUT2D eigenvalue weighted by atomic mass is 16.2. The predicted octanol–water partition coefficient (Wildman–Crippen LogP) is 4.25. The van der Waals surface area contributed by atoms with Gasteiger partial charge in [-0.3, -0.25) is 19.3 Å². The first-order valence-corrected chi connectivity index (χ1v) is 14.6. The molecular weight excluding hydrogens is 502 g/mol. The Hall–Kier alpha value is -3.70. The third-order valence-corrected chi connectivity index (χ3v) is 7.98. The number of carbonyl (C=O) groups is 3. The van der Waals surface area contributed by atoms with Crippen molar-refractivity contribution in [1.29, 1.82) is 5.26 Å². The summed E-state index contributed by atoms with van der Waals surface area (Å²) >= 11 is 0. The van der Waals surface area contributed by atoms with E-state index in [1.165, 1.54) is 19.3 Å². The first-order chi connectivity index (χ1) is 19.4. The van der Waals surface area contributed by atoms with Gasteiger partial charge in [0.25, 0.3) is 0 Å². The second kappa shape index (κ2) is 14.6. The molecule has 1 saturated heterocycles. The summed E-state index contributed by atoms with van der Waals surface area (Å²) in [5.41, 5.74) is 3.41. The van der Waals surface area contributed by atoms with E-state index in [2.05, 4.69) is 21.6 Å². The average molecular weight is 544 g/mol. The number of rotatable bonds is 10.